The van der Waals surface area contributed by atoms with Crippen LogP contribution in [-0.2, 0) is 61.9 Å². The predicted octanol–water partition coefficient (Wildman–Crippen LogP) is 1.09. The van der Waals surface area contributed by atoms with E-state index in [9.17, 15) is 116 Å². The number of amides is 3. The van der Waals surface area contributed by atoms with Crippen molar-refractivity contribution in [2.75, 3.05) is 33.0 Å². The molecule has 4 rings (SSSR count). The second-order valence-electron chi connectivity index (χ2n) is 31.6. The lowest BCUT2D eigenvalue weighted by molar-refractivity contribution is -0.365. The Bertz CT molecular complexity index is 2580. The van der Waals surface area contributed by atoms with Crippen LogP contribution in [0.2, 0.25) is 0 Å². The summed E-state index contributed by atoms with van der Waals surface area (Å²) in [6, 6.07) is -5.57. The minimum Gasteiger partial charge on any atom is -0.477 e. The van der Waals surface area contributed by atoms with E-state index in [0.717, 1.165) is 77.6 Å². The maximum Gasteiger partial charge on any atom is 0.364 e. The quantitative estimate of drug-likeness (QED) is 0.0379. The van der Waals surface area contributed by atoms with Crippen LogP contribution in [0.4, 0.5) is 0 Å². The number of aliphatic hydroxyl groups excluding tert-OH is 16. The lowest BCUT2D eigenvalue weighted by atomic mass is 9.86. The Morgan fingerprint density at radius 2 is 0.928 bits per heavy atom. The van der Waals surface area contributed by atoms with Crippen LogP contribution in [0.15, 0.2) is 0 Å². The molecule has 4 saturated heterocycles. The predicted molar refractivity (Wildman–Crippen MR) is 398 cm³/mol. The fraction of sp³-hybridized carbons (Fsp3) is 0.935. The van der Waals surface area contributed by atoms with Crippen molar-refractivity contribution in [3.63, 3.8) is 0 Å². The van der Waals surface area contributed by atoms with Crippen molar-refractivity contribution in [1.82, 2.24) is 16.0 Å². The summed E-state index contributed by atoms with van der Waals surface area (Å²) in [6.07, 6.45) is -10.1. The fourth-order valence-electron chi connectivity index (χ4n) is 14.8. The van der Waals surface area contributed by atoms with Gasteiger partial charge in [0.25, 0.3) is 11.6 Å². The summed E-state index contributed by atoms with van der Waals surface area (Å²) < 4.78 is 46.1. The van der Waals surface area contributed by atoms with E-state index in [4.69, 9.17) is 37.9 Å². The molecule has 0 unspecified atom stereocenters. The van der Waals surface area contributed by atoms with E-state index in [2.05, 4.69) is 36.7 Å². The number of ether oxygens (including phenoxy) is 8. The highest BCUT2D eigenvalue weighted by Crippen LogP contribution is 2.42. The molecule has 0 aliphatic carbocycles. The van der Waals surface area contributed by atoms with Crippen molar-refractivity contribution in [3.8, 4) is 0 Å². The third-order valence-corrected chi connectivity index (χ3v) is 21.7. The van der Waals surface area contributed by atoms with Crippen LogP contribution >= 0.6 is 0 Å². The van der Waals surface area contributed by atoms with Crippen LogP contribution in [0.25, 0.3) is 0 Å². The number of carbonyl (C=O) groups excluding carboxylic acids is 3. The SMILES string of the molecule is CCCCCCCCCCCCCCCCCCCCCC[C@@H](O)C(=O)N[C@@H](CO[C@@H]1O[C@H](CO[C@]2(C(=O)O)C[C@H](O[C@]3(C(=O)O)C[C@H](O)[C@@H](NC(=O)CO[C@@H]4O[C@@H](C)[C@@H](O)[C@@H](O)[C@@H]4O)[C@H]([C@H](O)[C@H](O)CO)O3)[C@@H](NC(C)=O)[C@H]([C@H](O)[C@H](O)CO)O2)[C@@H](O)[C@H](O)[C@H]1O)[C@H](O)[C@H](O)CCCCCCCCCCCCC(C)C. The molecule has 650 valence electrons. The van der Waals surface area contributed by atoms with E-state index >= 15 is 0 Å². The summed E-state index contributed by atoms with van der Waals surface area (Å²) in [4.78, 5) is 67.8. The highest BCUT2D eigenvalue weighted by atomic mass is 16.8. The molecule has 34 nitrogen and oxygen atoms in total. The largest absolute Gasteiger partial charge is 0.477 e. The van der Waals surface area contributed by atoms with Crippen LogP contribution in [0.3, 0.4) is 0 Å². The van der Waals surface area contributed by atoms with Gasteiger partial charge in [0.2, 0.25) is 17.7 Å². The normalized spacial score (nSPS) is 30.7. The standard InChI is InChI=1S/C77H141N3O31/c1-6-7-8-9-10-11-12-13-14-15-16-17-18-19-20-21-26-29-32-35-38-51(85)71(99)79-49(61(91)50(84)37-34-31-28-25-23-22-24-27-30-33-36-46(2)3)43-104-73-68(98)66(96)64(94)56(108-73)44-106-76(74(100)101)40-55(59(78-48(5)83)70(110-76)63(93)54(88)42-82)109-77(75(102)103)39-52(86)58(69(111-77)62(92)53(87)41-81)80-57(89)45-105-72-67(97)65(95)60(90)47(4)107-72/h46-47,49-56,58-70,72-73,81-82,84-88,90-98H,6-45H2,1-5H3,(H,78,83)(H,79,99)(H,80,89)(H,100,101)(H,102,103)/t47-,49-,50+,51+,52-,53+,54+,55-,56+,58+,59+,60+,61-,62+,63+,64+,65+,66-,67-,68+,69+,70+,72+,73+,76+,77+/m0/s1. The van der Waals surface area contributed by atoms with Crippen molar-refractivity contribution in [3.05, 3.63) is 0 Å². The van der Waals surface area contributed by atoms with E-state index in [1.54, 1.807) is 0 Å². The number of aliphatic carboxylic acids is 2. The highest BCUT2D eigenvalue weighted by molar-refractivity contribution is 5.81. The first-order valence-corrected chi connectivity index (χ1v) is 41.1. The van der Waals surface area contributed by atoms with E-state index in [1.165, 1.54) is 122 Å². The molecule has 0 aromatic rings. The molecule has 3 amide bonds. The topological polar surface area (TPSA) is 559 Å². The number of unbranched alkanes of at least 4 members (excludes halogenated alkanes) is 28. The summed E-state index contributed by atoms with van der Waals surface area (Å²) >= 11 is 0. The van der Waals surface area contributed by atoms with Crippen LogP contribution in [-0.4, -0.2) is 313 Å². The minimum atomic E-state index is -3.41. The molecule has 0 radical (unpaired) electrons. The molecule has 111 heavy (non-hydrogen) atoms. The number of nitrogens with one attached hydrogen (secondary N) is 3. The van der Waals surface area contributed by atoms with Crippen molar-refractivity contribution in [2.45, 2.75) is 418 Å². The molecule has 4 fully saturated rings. The van der Waals surface area contributed by atoms with Crippen molar-refractivity contribution in [1.29, 1.82) is 0 Å². The molecule has 4 aliphatic rings. The van der Waals surface area contributed by atoms with Crippen LogP contribution in [0.1, 0.15) is 259 Å². The number of carboxylic acid groups (broad SMARTS) is 2. The first-order valence-electron chi connectivity index (χ1n) is 41.1. The van der Waals surface area contributed by atoms with E-state index in [-0.39, 0.29) is 12.8 Å². The maximum absolute atomic E-state index is 13.8. The number of carbonyl (C=O) groups is 5. The third kappa shape index (κ3) is 33.4. The fourth-order valence-corrected chi connectivity index (χ4v) is 14.8. The summed E-state index contributed by atoms with van der Waals surface area (Å²) in [5.74, 6) is -13.6. The van der Waals surface area contributed by atoms with Gasteiger partial charge in [-0.3, -0.25) is 14.4 Å². The molecule has 0 saturated carbocycles. The molecule has 4 heterocycles. The minimum absolute atomic E-state index is 0.0553. The van der Waals surface area contributed by atoms with E-state index < -0.39 is 234 Å². The molecule has 21 N–H and O–H groups in total. The third-order valence-electron chi connectivity index (χ3n) is 21.7. The number of hydrogen-bond donors (Lipinski definition) is 21. The van der Waals surface area contributed by atoms with Crippen LogP contribution in [0.5, 0.6) is 0 Å². The van der Waals surface area contributed by atoms with Crippen molar-refractivity contribution < 1.29 is 154 Å². The van der Waals surface area contributed by atoms with Gasteiger partial charge in [0.15, 0.2) is 12.6 Å². The molecule has 0 bridgehead atoms. The van der Waals surface area contributed by atoms with Crippen molar-refractivity contribution in [2.24, 2.45) is 5.92 Å². The molecule has 4 aliphatic heterocycles. The van der Waals surface area contributed by atoms with Crippen molar-refractivity contribution >= 4 is 29.7 Å². The van der Waals surface area contributed by atoms with Gasteiger partial charge in [-0.05, 0) is 25.7 Å². The van der Waals surface area contributed by atoms with Gasteiger partial charge in [0.1, 0.15) is 98.2 Å². The van der Waals surface area contributed by atoms with Gasteiger partial charge in [-0.25, -0.2) is 9.59 Å². The zero-order chi connectivity index (χ0) is 82.4. The van der Waals surface area contributed by atoms with Crippen LogP contribution < -0.4 is 16.0 Å². The van der Waals surface area contributed by atoms with E-state index in [1.807, 2.05) is 0 Å². The first-order chi connectivity index (χ1) is 52.8. The Morgan fingerprint density at radius 1 is 0.495 bits per heavy atom. The Morgan fingerprint density at radius 3 is 1.39 bits per heavy atom. The van der Waals surface area contributed by atoms with Gasteiger partial charge in [0, 0.05) is 19.8 Å². The van der Waals surface area contributed by atoms with Gasteiger partial charge >= 0.3 is 11.9 Å². The number of carboxylic acids is 2. The maximum atomic E-state index is 13.8. The zero-order valence-corrected chi connectivity index (χ0v) is 66.1. The average molecular weight is 1600 g/mol. The Balaban J connectivity index is 1.52. The molecule has 0 aromatic carbocycles. The van der Waals surface area contributed by atoms with Gasteiger partial charge < -0.3 is 146 Å². The van der Waals surface area contributed by atoms with Gasteiger partial charge in [-0.2, -0.15) is 0 Å². The van der Waals surface area contributed by atoms with Crippen LogP contribution in [0, 0.1) is 5.92 Å². The monoisotopic (exact) mass is 1600 g/mol. The zero-order valence-electron chi connectivity index (χ0n) is 66.1. The second kappa shape index (κ2) is 52.9. The highest BCUT2D eigenvalue weighted by Gasteiger charge is 2.63. The van der Waals surface area contributed by atoms with Gasteiger partial charge in [0.05, 0.1) is 69.0 Å². The number of rotatable bonds is 59. The summed E-state index contributed by atoms with van der Waals surface area (Å²) in [5.41, 5.74) is 0. The lowest BCUT2D eigenvalue weighted by Gasteiger charge is -2.52. The first kappa shape index (κ1) is 99.7. The molecular formula is C77H141N3O31. The number of hydrogen-bond acceptors (Lipinski definition) is 29. The Labute approximate surface area is 653 Å². The smallest absolute Gasteiger partial charge is 0.364 e. The molecular weight excluding hydrogens is 1460 g/mol. The average Bonchev–Trinajstić information content (AvgIpc) is 0.742. The van der Waals surface area contributed by atoms with Gasteiger partial charge in [-0.1, -0.05) is 220 Å². The molecule has 0 aromatic heterocycles. The number of aliphatic hydroxyl groups is 16. The molecule has 34 heteroatoms. The van der Waals surface area contributed by atoms with E-state index in [0.29, 0.717) is 18.8 Å². The molecule has 26 atom stereocenters. The molecule has 0 spiro atoms. The summed E-state index contributed by atoms with van der Waals surface area (Å²) in [6.45, 7) is 3.24. The van der Waals surface area contributed by atoms with Gasteiger partial charge in [-0.15, -0.1) is 0 Å². The summed E-state index contributed by atoms with van der Waals surface area (Å²) in [5, 5.41) is 205. The lowest BCUT2D eigenvalue weighted by Crippen LogP contribution is -2.72. The Kier molecular flexibility index (Phi) is 47.6. The second-order valence-corrected chi connectivity index (χ2v) is 31.6. The Hall–Kier alpha value is -3.61. The summed E-state index contributed by atoms with van der Waals surface area (Å²) in [7, 11) is 0.